The van der Waals surface area contributed by atoms with Crippen molar-refractivity contribution in [2.24, 2.45) is 0 Å². The third-order valence-electron chi connectivity index (χ3n) is 3.95. The zero-order valence-corrected chi connectivity index (χ0v) is 11.2. The van der Waals surface area contributed by atoms with Crippen LogP contribution in [0.1, 0.15) is 37.7 Å². The Bertz CT molecular complexity index is 559. The Hall–Kier alpha value is -1.35. The first-order valence-corrected chi connectivity index (χ1v) is 6.90. The van der Waals surface area contributed by atoms with Crippen molar-refractivity contribution in [3.8, 4) is 0 Å². The van der Waals surface area contributed by atoms with E-state index >= 15 is 0 Å². The first kappa shape index (κ1) is 12.7. The van der Waals surface area contributed by atoms with Gasteiger partial charge in [0.2, 0.25) is 5.83 Å². The van der Waals surface area contributed by atoms with E-state index in [0.29, 0.717) is 29.0 Å². The molecule has 19 heavy (non-hydrogen) atoms. The minimum absolute atomic E-state index is 0.350. The van der Waals surface area contributed by atoms with Crippen molar-refractivity contribution in [3.63, 3.8) is 0 Å². The molecule has 1 aromatic rings. The third-order valence-corrected chi connectivity index (χ3v) is 4.28. The first-order valence-electron chi connectivity index (χ1n) is 6.52. The molecule has 100 valence electrons. The number of esters is 1. The van der Waals surface area contributed by atoms with E-state index in [1.165, 1.54) is 0 Å². The van der Waals surface area contributed by atoms with E-state index in [2.05, 4.69) is 0 Å². The zero-order valence-electron chi connectivity index (χ0n) is 10.4. The summed E-state index contributed by atoms with van der Waals surface area (Å²) in [6.45, 7) is 0. The van der Waals surface area contributed by atoms with Gasteiger partial charge in [-0.2, -0.15) is 4.39 Å². The number of carbonyl (C=O) groups excluding carboxylic acids is 1. The summed E-state index contributed by atoms with van der Waals surface area (Å²) in [5.74, 6) is -1.63. The van der Waals surface area contributed by atoms with Crippen molar-refractivity contribution in [1.82, 2.24) is 0 Å². The van der Waals surface area contributed by atoms with Gasteiger partial charge in [0, 0.05) is 16.2 Å². The normalized spacial score (nSPS) is 21.9. The molecule has 0 saturated heterocycles. The van der Waals surface area contributed by atoms with Crippen molar-refractivity contribution in [2.45, 2.75) is 37.7 Å². The Morgan fingerprint density at radius 1 is 1.16 bits per heavy atom. The number of benzene rings is 1. The molecule has 3 rings (SSSR count). The highest BCUT2D eigenvalue weighted by Gasteiger charge is 2.49. The molecular weight excluding hydrogens is 267 g/mol. The number of carbonyl (C=O) groups is 1. The van der Waals surface area contributed by atoms with Gasteiger partial charge in [-0.15, -0.1) is 0 Å². The predicted molar refractivity (Wildman–Crippen MR) is 71.4 cm³/mol. The Balaban J connectivity index is 2.14. The molecule has 2 nitrogen and oxygen atoms in total. The molecule has 2 aliphatic rings. The van der Waals surface area contributed by atoms with Gasteiger partial charge in [-0.3, -0.25) is 0 Å². The molecule has 0 amide bonds. The van der Waals surface area contributed by atoms with Crippen LogP contribution in [0.2, 0.25) is 5.02 Å². The van der Waals surface area contributed by atoms with Crippen molar-refractivity contribution >= 4 is 23.1 Å². The summed E-state index contributed by atoms with van der Waals surface area (Å²) in [5.41, 5.74) is 0.127. The van der Waals surface area contributed by atoms with E-state index in [4.69, 9.17) is 16.3 Å². The van der Waals surface area contributed by atoms with Gasteiger partial charge in [0.1, 0.15) is 5.60 Å². The topological polar surface area (TPSA) is 26.3 Å². The Morgan fingerprint density at radius 3 is 2.53 bits per heavy atom. The molecule has 1 saturated carbocycles. The van der Waals surface area contributed by atoms with Gasteiger partial charge in [-0.1, -0.05) is 36.2 Å². The predicted octanol–water partition coefficient (Wildman–Crippen LogP) is 4.28. The summed E-state index contributed by atoms with van der Waals surface area (Å²) in [7, 11) is 0. The van der Waals surface area contributed by atoms with Crippen molar-refractivity contribution in [3.05, 3.63) is 40.7 Å². The molecule has 1 aromatic carbocycles. The van der Waals surface area contributed by atoms with Gasteiger partial charge in [0.05, 0.1) is 0 Å². The minimum Gasteiger partial charge on any atom is -0.449 e. The average Bonchev–Trinajstić information content (AvgIpc) is 2.63. The van der Waals surface area contributed by atoms with E-state index in [1.807, 2.05) is 0 Å². The maximum atomic E-state index is 14.2. The summed E-state index contributed by atoms with van der Waals surface area (Å²) in [4.78, 5) is 11.6. The van der Waals surface area contributed by atoms with Crippen LogP contribution in [-0.2, 0) is 9.53 Å². The van der Waals surface area contributed by atoms with Gasteiger partial charge in [-0.05, 0) is 31.7 Å². The lowest BCUT2D eigenvalue weighted by molar-refractivity contribution is -0.149. The highest BCUT2D eigenvalue weighted by Crippen LogP contribution is 2.49. The lowest BCUT2D eigenvalue weighted by Gasteiger charge is -2.34. The second-order valence-electron chi connectivity index (χ2n) is 5.11. The number of ether oxygens (including phenoxy) is 1. The highest BCUT2D eigenvalue weighted by atomic mass is 35.5. The fourth-order valence-corrected chi connectivity index (χ4v) is 3.31. The van der Waals surface area contributed by atoms with Crippen LogP contribution in [0.15, 0.2) is 30.1 Å². The summed E-state index contributed by atoms with van der Waals surface area (Å²) in [5, 5.41) is 0.455. The second-order valence-corrected chi connectivity index (χ2v) is 5.52. The molecule has 0 radical (unpaired) electrons. The molecule has 1 heterocycles. The molecule has 0 atom stereocenters. The maximum Gasteiger partial charge on any atom is 0.368 e. The third kappa shape index (κ3) is 1.96. The Morgan fingerprint density at radius 2 is 1.84 bits per heavy atom. The second kappa shape index (κ2) is 4.64. The lowest BCUT2D eigenvalue weighted by Crippen LogP contribution is -2.34. The summed E-state index contributed by atoms with van der Waals surface area (Å²) in [6.07, 6.45) is 4.32. The van der Waals surface area contributed by atoms with E-state index in [0.717, 1.165) is 19.3 Å². The molecule has 0 bridgehead atoms. The molecule has 0 N–H and O–H groups in total. The fourth-order valence-electron chi connectivity index (χ4n) is 3.08. The summed E-state index contributed by atoms with van der Waals surface area (Å²) < 4.78 is 19.6. The average molecular weight is 281 g/mol. The van der Waals surface area contributed by atoms with Gasteiger partial charge in [0.15, 0.2) is 0 Å². The van der Waals surface area contributed by atoms with E-state index in [-0.39, 0.29) is 0 Å². The van der Waals surface area contributed by atoms with Crippen LogP contribution in [0.3, 0.4) is 0 Å². The molecule has 1 aliphatic heterocycles. The van der Waals surface area contributed by atoms with Crippen molar-refractivity contribution in [2.75, 3.05) is 0 Å². The Kier molecular flexibility index (Phi) is 3.09. The number of rotatable bonds is 1. The molecule has 1 spiro atoms. The molecule has 0 aromatic heterocycles. The zero-order chi connectivity index (χ0) is 13.5. The SMILES string of the molecule is O=C1OC2(CCCCC2)C(c2ccccc2Cl)=C1F. The minimum atomic E-state index is -0.850. The quantitative estimate of drug-likeness (QED) is 0.718. The van der Waals surface area contributed by atoms with Crippen molar-refractivity contribution in [1.29, 1.82) is 0 Å². The van der Waals surface area contributed by atoms with E-state index in [9.17, 15) is 9.18 Å². The number of hydrogen-bond donors (Lipinski definition) is 0. The Labute approximate surface area is 116 Å². The highest BCUT2D eigenvalue weighted by molar-refractivity contribution is 6.32. The van der Waals surface area contributed by atoms with Crippen LogP contribution < -0.4 is 0 Å². The van der Waals surface area contributed by atoms with Gasteiger partial charge >= 0.3 is 5.97 Å². The monoisotopic (exact) mass is 280 g/mol. The smallest absolute Gasteiger partial charge is 0.368 e. The lowest BCUT2D eigenvalue weighted by atomic mass is 9.77. The van der Waals surface area contributed by atoms with Gasteiger partial charge in [-0.25, -0.2) is 4.79 Å². The van der Waals surface area contributed by atoms with E-state index < -0.39 is 17.4 Å². The largest absolute Gasteiger partial charge is 0.449 e. The molecule has 4 heteroatoms. The van der Waals surface area contributed by atoms with Gasteiger partial charge in [0.25, 0.3) is 0 Å². The molecule has 1 aliphatic carbocycles. The number of hydrogen-bond acceptors (Lipinski definition) is 2. The van der Waals surface area contributed by atoms with Crippen molar-refractivity contribution < 1.29 is 13.9 Å². The van der Waals surface area contributed by atoms with Crippen LogP contribution in [-0.4, -0.2) is 11.6 Å². The molecule has 1 fully saturated rings. The fraction of sp³-hybridized carbons (Fsp3) is 0.400. The molecular formula is C15H14ClFO2. The summed E-state index contributed by atoms with van der Waals surface area (Å²) in [6, 6.07) is 7.03. The molecule has 0 unspecified atom stereocenters. The van der Waals surface area contributed by atoms with Crippen LogP contribution in [0, 0.1) is 0 Å². The van der Waals surface area contributed by atoms with Crippen LogP contribution in [0.4, 0.5) is 4.39 Å². The van der Waals surface area contributed by atoms with Crippen LogP contribution in [0.5, 0.6) is 0 Å². The summed E-state index contributed by atoms with van der Waals surface area (Å²) >= 11 is 6.15. The first-order chi connectivity index (χ1) is 9.14. The van der Waals surface area contributed by atoms with E-state index in [1.54, 1.807) is 24.3 Å². The van der Waals surface area contributed by atoms with Crippen LogP contribution >= 0.6 is 11.6 Å². The standard InChI is InChI=1S/C15H14ClFO2/c16-11-7-3-2-6-10(11)12-13(17)14(18)19-15(12)8-4-1-5-9-15/h2-3,6-7H,1,4-5,8-9H2. The number of halogens is 2. The maximum absolute atomic E-state index is 14.2. The van der Waals surface area contributed by atoms with Crippen LogP contribution in [0.25, 0.3) is 5.57 Å². The van der Waals surface area contributed by atoms with Gasteiger partial charge < -0.3 is 4.74 Å².